The molecule has 0 saturated carbocycles. The van der Waals surface area contributed by atoms with Crippen molar-refractivity contribution in [2.75, 3.05) is 0 Å². The van der Waals surface area contributed by atoms with Crippen molar-refractivity contribution in [3.8, 4) is 0 Å². The molecule has 0 radical (unpaired) electrons. The molecule has 17 heavy (non-hydrogen) atoms. The second kappa shape index (κ2) is 6.48. The molecule has 0 bridgehead atoms. The summed E-state index contributed by atoms with van der Waals surface area (Å²) in [5.74, 6) is 0. The second-order valence-electron chi connectivity index (χ2n) is 3.52. The molecule has 1 heterocycles. The highest BCUT2D eigenvalue weighted by Crippen LogP contribution is 2.20. The van der Waals surface area contributed by atoms with Gasteiger partial charge in [-0.1, -0.05) is 30.7 Å². The van der Waals surface area contributed by atoms with Gasteiger partial charge in [-0.25, -0.2) is 4.98 Å². The van der Waals surface area contributed by atoms with E-state index in [2.05, 4.69) is 18.1 Å². The largest absolute Gasteiger partial charge is 0.313 e. The normalized spacial score (nSPS) is 11.1. The van der Waals surface area contributed by atoms with Gasteiger partial charge in [-0.3, -0.25) is 0 Å². The van der Waals surface area contributed by atoms with Crippen LogP contribution in [0.1, 0.15) is 18.9 Å². The first-order chi connectivity index (χ1) is 7.79. The third-order valence-corrected chi connectivity index (χ3v) is 2.68. The van der Waals surface area contributed by atoms with Crippen LogP contribution in [0.25, 0.3) is 11.8 Å². The molecule has 1 aromatic heterocycles. The number of hydrogen-bond acceptors (Lipinski definition) is 1. The number of aromatic nitrogens is 2. The summed E-state index contributed by atoms with van der Waals surface area (Å²) >= 11 is 5.87. The van der Waals surface area contributed by atoms with Crippen LogP contribution in [0.15, 0.2) is 43.0 Å². The molecule has 0 fully saturated rings. The van der Waals surface area contributed by atoms with E-state index in [4.69, 9.17) is 11.6 Å². The standard InChI is InChI=1S/C13H13ClN2.ClH/c1-2-11(9-16-8-7-15-10-16)12-3-5-13(14)6-4-12;/h3-10H,2H2,1H3;1H. The Morgan fingerprint density at radius 1 is 1.35 bits per heavy atom. The zero-order chi connectivity index (χ0) is 11.4. The fraction of sp³-hybridized carbons (Fsp3) is 0.154. The minimum atomic E-state index is 0. The molecule has 90 valence electrons. The molecule has 0 unspecified atom stereocenters. The molecule has 0 N–H and O–H groups in total. The van der Waals surface area contributed by atoms with Crippen LogP contribution in [0.3, 0.4) is 0 Å². The zero-order valence-corrected chi connectivity index (χ0v) is 11.1. The molecular weight excluding hydrogens is 255 g/mol. The summed E-state index contributed by atoms with van der Waals surface area (Å²) in [4.78, 5) is 4.01. The average molecular weight is 269 g/mol. The Morgan fingerprint density at radius 3 is 2.59 bits per heavy atom. The van der Waals surface area contributed by atoms with E-state index >= 15 is 0 Å². The number of halogens is 2. The van der Waals surface area contributed by atoms with E-state index in [1.807, 2.05) is 35.0 Å². The summed E-state index contributed by atoms with van der Waals surface area (Å²) in [6, 6.07) is 7.89. The molecule has 0 aliphatic heterocycles. The highest BCUT2D eigenvalue weighted by Gasteiger charge is 1.99. The van der Waals surface area contributed by atoms with Crippen LogP contribution >= 0.6 is 24.0 Å². The van der Waals surface area contributed by atoms with Gasteiger partial charge in [-0.05, 0) is 29.7 Å². The maximum absolute atomic E-state index is 5.87. The van der Waals surface area contributed by atoms with Gasteiger partial charge in [0.25, 0.3) is 0 Å². The molecule has 0 spiro atoms. The quantitative estimate of drug-likeness (QED) is 0.809. The van der Waals surface area contributed by atoms with Crippen molar-refractivity contribution in [1.82, 2.24) is 9.55 Å². The third kappa shape index (κ3) is 3.62. The lowest BCUT2D eigenvalue weighted by molar-refractivity contribution is 1.12. The Morgan fingerprint density at radius 2 is 2.06 bits per heavy atom. The first kappa shape index (κ1) is 13.8. The van der Waals surface area contributed by atoms with Crippen molar-refractivity contribution in [1.29, 1.82) is 0 Å². The molecular formula is C13H14Cl2N2. The van der Waals surface area contributed by atoms with Crippen molar-refractivity contribution >= 4 is 35.8 Å². The van der Waals surface area contributed by atoms with Gasteiger partial charge in [-0.2, -0.15) is 0 Å². The molecule has 0 aliphatic carbocycles. The minimum Gasteiger partial charge on any atom is -0.313 e. The Bertz CT molecular complexity index is 473. The van der Waals surface area contributed by atoms with E-state index in [0.717, 1.165) is 11.4 Å². The number of hydrogen-bond donors (Lipinski definition) is 0. The summed E-state index contributed by atoms with van der Waals surface area (Å²) < 4.78 is 1.95. The molecule has 0 aliphatic rings. The predicted molar refractivity (Wildman–Crippen MR) is 75.4 cm³/mol. The Labute approximate surface area is 112 Å². The van der Waals surface area contributed by atoms with Gasteiger partial charge in [0.15, 0.2) is 0 Å². The van der Waals surface area contributed by atoms with E-state index in [0.29, 0.717) is 0 Å². The van der Waals surface area contributed by atoms with Crippen LogP contribution in [0, 0.1) is 0 Å². The van der Waals surface area contributed by atoms with E-state index in [-0.39, 0.29) is 12.4 Å². The van der Waals surface area contributed by atoms with Gasteiger partial charge in [0, 0.05) is 23.6 Å². The number of benzene rings is 1. The predicted octanol–water partition coefficient (Wildman–Crippen LogP) is 4.37. The summed E-state index contributed by atoms with van der Waals surface area (Å²) in [6.07, 6.45) is 8.53. The van der Waals surface area contributed by atoms with E-state index in [9.17, 15) is 0 Å². The smallest absolute Gasteiger partial charge is 0.0986 e. The van der Waals surface area contributed by atoms with Crippen LogP contribution in [0.5, 0.6) is 0 Å². The fourth-order valence-electron chi connectivity index (χ4n) is 1.56. The molecule has 0 atom stereocenters. The van der Waals surface area contributed by atoms with Gasteiger partial charge in [0.05, 0.1) is 6.33 Å². The Hall–Kier alpha value is -1.25. The molecule has 0 amide bonds. The lowest BCUT2D eigenvalue weighted by atomic mass is 10.1. The van der Waals surface area contributed by atoms with Crippen molar-refractivity contribution in [2.24, 2.45) is 0 Å². The van der Waals surface area contributed by atoms with E-state index in [1.165, 1.54) is 11.1 Å². The Balaban J connectivity index is 0.00000144. The van der Waals surface area contributed by atoms with Gasteiger partial charge in [-0.15, -0.1) is 12.4 Å². The molecule has 2 aromatic rings. The minimum absolute atomic E-state index is 0. The van der Waals surface area contributed by atoms with Crippen molar-refractivity contribution in [3.63, 3.8) is 0 Å². The van der Waals surface area contributed by atoms with Crippen LogP contribution in [-0.4, -0.2) is 9.55 Å². The van der Waals surface area contributed by atoms with Crippen LogP contribution < -0.4 is 0 Å². The van der Waals surface area contributed by atoms with Crippen LogP contribution in [0.4, 0.5) is 0 Å². The second-order valence-corrected chi connectivity index (χ2v) is 3.96. The van der Waals surface area contributed by atoms with Crippen molar-refractivity contribution in [2.45, 2.75) is 13.3 Å². The lowest BCUT2D eigenvalue weighted by Gasteiger charge is -2.05. The van der Waals surface area contributed by atoms with E-state index in [1.54, 1.807) is 12.5 Å². The number of nitrogens with zero attached hydrogens (tertiary/aromatic N) is 2. The topological polar surface area (TPSA) is 17.8 Å². The molecule has 0 saturated heterocycles. The number of rotatable bonds is 3. The van der Waals surface area contributed by atoms with Gasteiger partial charge in [0.2, 0.25) is 0 Å². The molecule has 4 heteroatoms. The fourth-order valence-corrected chi connectivity index (χ4v) is 1.69. The Kier molecular flexibility index (Phi) is 5.26. The maximum atomic E-state index is 5.87. The van der Waals surface area contributed by atoms with Crippen LogP contribution in [-0.2, 0) is 0 Å². The van der Waals surface area contributed by atoms with Gasteiger partial charge < -0.3 is 4.57 Å². The van der Waals surface area contributed by atoms with Crippen LogP contribution in [0.2, 0.25) is 5.02 Å². The molecule has 2 rings (SSSR count). The van der Waals surface area contributed by atoms with Crippen molar-refractivity contribution in [3.05, 3.63) is 53.6 Å². The highest BCUT2D eigenvalue weighted by atomic mass is 35.5. The van der Waals surface area contributed by atoms with Crippen molar-refractivity contribution < 1.29 is 0 Å². The summed E-state index contributed by atoms with van der Waals surface area (Å²) in [6.45, 7) is 2.14. The van der Waals surface area contributed by atoms with Gasteiger partial charge >= 0.3 is 0 Å². The lowest BCUT2D eigenvalue weighted by Crippen LogP contribution is -1.87. The first-order valence-corrected chi connectivity index (χ1v) is 5.61. The van der Waals surface area contributed by atoms with E-state index < -0.39 is 0 Å². The number of imidazole rings is 1. The summed E-state index contributed by atoms with van der Waals surface area (Å²) in [5.41, 5.74) is 2.45. The monoisotopic (exact) mass is 268 g/mol. The highest BCUT2D eigenvalue weighted by molar-refractivity contribution is 6.30. The summed E-state index contributed by atoms with van der Waals surface area (Å²) in [7, 11) is 0. The SMILES string of the molecule is CCC(=Cn1ccnc1)c1ccc(Cl)cc1.Cl. The summed E-state index contributed by atoms with van der Waals surface area (Å²) in [5, 5.41) is 0.766. The average Bonchev–Trinajstić information content (AvgIpc) is 2.80. The maximum Gasteiger partial charge on any atom is 0.0986 e. The number of allylic oxidation sites excluding steroid dienone is 1. The third-order valence-electron chi connectivity index (χ3n) is 2.43. The zero-order valence-electron chi connectivity index (χ0n) is 9.51. The molecule has 2 nitrogen and oxygen atoms in total. The van der Waals surface area contributed by atoms with Gasteiger partial charge in [0.1, 0.15) is 0 Å². The molecule has 1 aromatic carbocycles. The first-order valence-electron chi connectivity index (χ1n) is 5.23.